The van der Waals surface area contributed by atoms with Crippen molar-refractivity contribution in [3.63, 3.8) is 0 Å². The Bertz CT molecular complexity index is 1180. The first-order valence-electron chi connectivity index (χ1n) is 13.0. The molecular weight excluding hydrogens is 472 g/mol. The van der Waals surface area contributed by atoms with E-state index in [1.165, 1.54) is 4.90 Å². The van der Waals surface area contributed by atoms with E-state index in [2.05, 4.69) is 15.5 Å². The van der Waals surface area contributed by atoms with Crippen LogP contribution in [0.25, 0.3) is 0 Å². The molecule has 3 aliphatic rings. The Morgan fingerprint density at radius 1 is 1.05 bits per heavy atom. The molecule has 0 aromatic heterocycles. The number of rotatable bonds is 9. The largest absolute Gasteiger partial charge is 0.493 e. The van der Waals surface area contributed by atoms with Gasteiger partial charge < -0.3 is 15.0 Å². The molecule has 0 bridgehead atoms. The predicted molar refractivity (Wildman–Crippen MR) is 135 cm³/mol. The maximum atomic E-state index is 13.0. The number of likely N-dealkylation sites (tertiary alicyclic amines) is 1. The third-order valence-electron chi connectivity index (χ3n) is 7.36. The second-order valence-corrected chi connectivity index (χ2v) is 9.78. The van der Waals surface area contributed by atoms with Crippen LogP contribution in [0.1, 0.15) is 53.6 Å². The van der Waals surface area contributed by atoms with Gasteiger partial charge in [-0.25, -0.2) is 0 Å². The standard InChI is InChI=1S/C28H32N4O5/c33-25-13-12-23(27(35)30-25)32-18-21-20(28(32)36)9-4-11-24(21)37-16-6-15-31-14-5-10-22(31)26(34)29-17-19-7-2-1-3-8-19/h1-4,7-9,11,22-23H,5-6,10,12-18H2,(H,29,34)(H,30,33,35)/t22-,23?/m1/s1. The molecule has 0 aliphatic carbocycles. The number of benzene rings is 2. The highest BCUT2D eigenvalue weighted by molar-refractivity contribution is 6.05. The van der Waals surface area contributed by atoms with Gasteiger partial charge in [0, 0.05) is 30.6 Å². The maximum Gasteiger partial charge on any atom is 0.255 e. The molecule has 9 heteroatoms. The zero-order valence-corrected chi connectivity index (χ0v) is 20.8. The van der Waals surface area contributed by atoms with Gasteiger partial charge in [-0.05, 0) is 49.9 Å². The first-order valence-corrected chi connectivity index (χ1v) is 13.0. The molecule has 2 saturated heterocycles. The van der Waals surface area contributed by atoms with Crippen molar-refractivity contribution >= 4 is 23.6 Å². The number of piperidine rings is 1. The van der Waals surface area contributed by atoms with Crippen LogP contribution in [0, 0.1) is 0 Å². The number of carbonyl (C=O) groups is 4. The molecule has 0 spiro atoms. The summed E-state index contributed by atoms with van der Waals surface area (Å²) in [5, 5.41) is 5.39. The van der Waals surface area contributed by atoms with Crippen molar-refractivity contribution in [2.24, 2.45) is 0 Å². The summed E-state index contributed by atoms with van der Waals surface area (Å²) >= 11 is 0. The molecule has 2 fully saturated rings. The number of nitrogens with one attached hydrogen (secondary N) is 2. The summed E-state index contributed by atoms with van der Waals surface area (Å²) in [6.07, 6.45) is 3.15. The van der Waals surface area contributed by atoms with Crippen molar-refractivity contribution < 1.29 is 23.9 Å². The molecule has 2 aromatic rings. The molecule has 2 atom stereocenters. The number of fused-ring (bicyclic) bond motifs is 1. The molecule has 194 valence electrons. The molecular formula is C28H32N4O5. The fourth-order valence-electron chi connectivity index (χ4n) is 5.44. The molecule has 2 aromatic carbocycles. The van der Waals surface area contributed by atoms with E-state index in [1.807, 2.05) is 36.4 Å². The fraction of sp³-hybridized carbons (Fsp3) is 0.429. The molecule has 37 heavy (non-hydrogen) atoms. The molecule has 0 saturated carbocycles. The highest BCUT2D eigenvalue weighted by atomic mass is 16.5. The molecule has 1 unspecified atom stereocenters. The van der Waals surface area contributed by atoms with Crippen LogP contribution < -0.4 is 15.4 Å². The second kappa shape index (κ2) is 11.1. The SMILES string of the molecule is O=C1CCC(N2Cc3c(OCCCN4CCC[C@@H]4C(=O)NCc4ccccc4)cccc3C2=O)C(=O)N1. The minimum absolute atomic E-state index is 0.0650. The zero-order chi connectivity index (χ0) is 25.8. The number of carbonyl (C=O) groups excluding carboxylic acids is 4. The van der Waals surface area contributed by atoms with Crippen LogP contribution in [0.15, 0.2) is 48.5 Å². The van der Waals surface area contributed by atoms with E-state index in [-0.39, 0.29) is 36.7 Å². The van der Waals surface area contributed by atoms with Gasteiger partial charge in [-0.1, -0.05) is 36.4 Å². The van der Waals surface area contributed by atoms with Crippen molar-refractivity contribution in [2.75, 3.05) is 19.7 Å². The summed E-state index contributed by atoms with van der Waals surface area (Å²) < 4.78 is 6.08. The van der Waals surface area contributed by atoms with Gasteiger partial charge in [0.2, 0.25) is 17.7 Å². The molecule has 9 nitrogen and oxygen atoms in total. The Kier molecular flexibility index (Phi) is 7.50. The zero-order valence-electron chi connectivity index (χ0n) is 20.8. The van der Waals surface area contributed by atoms with Crippen LogP contribution in [0.5, 0.6) is 5.75 Å². The number of hydrogen-bond donors (Lipinski definition) is 2. The number of nitrogens with zero attached hydrogens (tertiary/aromatic N) is 2. The van der Waals surface area contributed by atoms with Crippen LogP contribution in [-0.4, -0.2) is 65.2 Å². The van der Waals surface area contributed by atoms with E-state index >= 15 is 0 Å². The van der Waals surface area contributed by atoms with Crippen molar-refractivity contribution in [1.29, 1.82) is 0 Å². The van der Waals surface area contributed by atoms with Crippen LogP contribution in [0.2, 0.25) is 0 Å². The maximum absolute atomic E-state index is 13.0. The smallest absolute Gasteiger partial charge is 0.255 e. The van der Waals surface area contributed by atoms with Gasteiger partial charge in [-0.3, -0.25) is 29.4 Å². The van der Waals surface area contributed by atoms with Crippen LogP contribution in [0.3, 0.4) is 0 Å². The molecule has 3 heterocycles. The van der Waals surface area contributed by atoms with Gasteiger partial charge in [0.1, 0.15) is 11.8 Å². The van der Waals surface area contributed by atoms with Crippen molar-refractivity contribution in [3.8, 4) is 5.75 Å². The van der Waals surface area contributed by atoms with E-state index < -0.39 is 11.9 Å². The highest BCUT2D eigenvalue weighted by Crippen LogP contribution is 2.33. The minimum atomic E-state index is -0.648. The lowest BCUT2D eigenvalue weighted by molar-refractivity contribution is -0.137. The lowest BCUT2D eigenvalue weighted by atomic mass is 10.0. The fourth-order valence-corrected chi connectivity index (χ4v) is 5.44. The van der Waals surface area contributed by atoms with E-state index in [9.17, 15) is 19.2 Å². The summed E-state index contributed by atoms with van der Waals surface area (Å²) in [5.41, 5.74) is 2.40. The Hall–Kier alpha value is -3.72. The third-order valence-corrected chi connectivity index (χ3v) is 7.36. The average molecular weight is 505 g/mol. The third kappa shape index (κ3) is 5.51. The van der Waals surface area contributed by atoms with Crippen LogP contribution in [0.4, 0.5) is 0 Å². The van der Waals surface area contributed by atoms with Gasteiger partial charge >= 0.3 is 0 Å². The van der Waals surface area contributed by atoms with E-state index in [1.54, 1.807) is 12.1 Å². The van der Waals surface area contributed by atoms with E-state index in [4.69, 9.17) is 4.74 Å². The minimum Gasteiger partial charge on any atom is -0.493 e. The molecule has 5 rings (SSSR count). The molecule has 0 radical (unpaired) electrons. The Morgan fingerprint density at radius 3 is 2.70 bits per heavy atom. The number of imide groups is 1. The Labute approximate surface area is 216 Å². The molecule has 3 aliphatic heterocycles. The average Bonchev–Trinajstić information content (AvgIpc) is 3.51. The predicted octanol–water partition coefficient (Wildman–Crippen LogP) is 2.00. The quantitative estimate of drug-likeness (QED) is 0.400. The summed E-state index contributed by atoms with van der Waals surface area (Å²) in [7, 11) is 0. The normalized spacial score (nSPS) is 21.6. The number of amides is 4. The summed E-state index contributed by atoms with van der Waals surface area (Å²) in [6, 6.07) is 14.5. The van der Waals surface area contributed by atoms with Gasteiger partial charge in [0.05, 0.1) is 19.2 Å². The van der Waals surface area contributed by atoms with E-state index in [0.29, 0.717) is 30.9 Å². The van der Waals surface area contributed by atoms with Crippen LogP contribution >= 0.6 is 0 Å². The topological polar surface area (TPSA) is 108 Å². The monoisotopic (exact) mass is 504 g/mol. The van der Waals surface area contributed by atoms with Gasteiger partial charge in [0.15, 0.2) is 0 Å². The van der Waals surface area contributed by atoms with Crippen molar-refractivity contribution in [1.82, 2.24) is 20.4 Å². The Morgan fingerprint density at radius 2 is 1.89 bits per heavy atom. The molecule has 2 N–H and O–H groups in total. The number of hydrogen-bond acceptors (Lipinski definition) is 6. The lowest BCUT2D eigenvalue weighted by Crippen LogP contribution is -2.52. The van der Waals surface area contributed by atoms with Gasteiger partial charge in [0.25, 0.3) is 5.91 Å². The first-order chi connectivity index (χ1) is 18.0. The van der Waals surface area contributed by atoms with Crippen molar-refractivity contribution in [2.45, 2.75) is 57.3 Å². The number of ether oxygens (including phenoxy) is 1. The Balaban J connectivity index is 1.12. The first kappa shape index (κ1) is 25.0. The van der Waals surface area contributed by atoms with Gasteiger partial charge in [-0.2, -0.15) is 0 Å². The van der Waals surface area contributed by atoms with E-state index in [0.717, 1.165) is 43.5 Å². The summed E-state index contributed by atoms with van der Waals surface area (Å²) in [6.45, 7) is 2.91. The molecule has 4 amide bonds. The van der Waals surface area contributed by atoms with Crippen molar-refractivity contribution in [3.05, 3.63) is 65.2 Å². The van der Waals surface area contributed by atoms with Gasteiger partial charge in [-0.15, -0.1) is 0 Å². The summed E-state index contributed by atoms with van der Waals surface area (Å²) in [5.74, 6) is -0.234. The lowest BCUT2D eigenvalue weighted by Gasteiger charge is -2.29. The summed E-state index contributed by atoms with van der Waals surface area (Å²) in [4.78, 5) is 53.3. The highest BCUT2D eigenvalue weighted by Gasteiger charge is 2.40. The van der Waals surface area contributed by atoms with Crippen LogP contribution in [-0.2, 0) is 27.5 Å². The second-order valence-electron chi connectivity index (χ2n) is 9.78.